The lowest BCUT2D eigenvalue weighted by Crippen LogP contribution is -2.44. The lowest BCUT2D eigenvalue weighted by Gasteiger charge is -2.31. The number of halogens is 3. The first-order valence-corrected chi connectivity index (χ1v) is 9.34. The first kappa shape index (κ1) is 20.7. The van der Waals surface area contributed by atoms with Crippen LogP contribution in [0.25, 0.3) is 11.5 Å². The number of nitrogens with one attached hydrogen (secondary N) is 1. The van der Waals surface area contributed by atoms with E-state index in [1.165, 1.54) is 36.7 Å². The van der Waals surface area contributed by atoms with Crippen LogP contribution in [-0.4, -0.2) is 57.3 Å². The van der Waals surface area contributed by atoms with E-state index in [1.54, 1.807) is 4.90 Å². The van der Waals surface area contributed by atoms with E-state index in [0.717, 1.165) is 0 Å². The Hall–Kier alpha value is -3.54. The van der Waals surface area contributed by atoms with Gasteiger partial charge in [0, 0.05) is 25.5 Å². The van der Waals surface area contributed by atoms with E-state index >= 15 is 0 Å². The summed E-state index contributed by atoms with van der Waals surface area (Å²) in [6, 6.07) is 4.67. The maximum atomic E-state index is 13.4. The molecule has 1 fully saturated rings. The third-order valence-electron chi connectivity index (χ3n) is 4.57. The first-order valence-electron chi connectivity index (χ1n) is 9.34. The van der Waals surface area contributed by atoms with E-state index in [0.29, 0.717) is 31.9 Å². The Morgan fingerprint density at radius 3 is 2.35 bits per heavy atom. The van der Waals surface area contributed by atoms with Crippen molar-refractivity contribution in [2.45, 2.75) is 12.5 Å². The molecule has 0 aliphatic carbocycles. The van der Waals surface area contributed by atoms with Crippen LogP contribution in [0.5, 0.6) is 0 Å². The van der Waals surface area contributed by atoms with E-state index in [-0.39, 0.29) is 23.3 Å². The number of benzene rings is 1. The van der Waals surface area contributed by atoms with Crippen molar-refractivity contribution >= 4 is 11.9 Å². The minimum absolute atomic E-state index is 0.105. The third-order valence-corrected chi connectivity index (χ3v) is 4.57. The molecule has 1 aliphatic rings. The van der Waals surface area contributed by atoms with Crippen molar-refractivity contribution < 1.29 is 27.1 Å². The summed E-state index contributed by atoms with van der Waals surface area (Å²) in [7, 11) is 0. The molecule has 4 rings (SSSR count). The summed E-state index contributed by atoms with van der Waals surface area (Å²) in [5.74, 6) is -1.51. The Labute approximate surface area is 174 Å². The minimum Gasteiger partial charge on any atom is -0.415 e. The van der Waals surface area contributed by atoms with Crippen LogP contribution in [0.2, 0.25) is 0 Å². The van der Waals surface area contributed by atoms with Crippen LogP contribution in [0.3, 0.4) is 0 Å². The highest BCUT2D eigenvalue weighted by Gasteiger charge is 2.28. The summed E-state index contributed by atoms with van der Waals surface area (Å²) in [6.07, 6.45) is -0.274. The summed E-state index contributed by atoms with van der Waals surface area (Å²) in [4.78, 5) is 23.0. The fraction of sp³-hybridized carbons (Fsp3) is 0.316. The van der Waals surface area contributed by atoms with Gasteiger partial charge in [0.2, 0.25) is 11.9 Å². The average Bonchev–Trinajstić information content (AvgIpc) is 3.30. The summed E-state index contributed by atoms with van der Waals surface area (Å²) in [6.45, 7) is 1.72. The quantitative estimate of drug-likeness (QED) is 0.631. The maximum absolute atomic E-state index is 13.4. The largest absolute Gasteiger partial charge is 0.415 e. The third kappa shape index (κ3) is 4.79. The van der Waals surface area contributed by atoms with Gasteiger partial charge in [0.25, 0.3) is 11.8 Å². The van der Waals surface area contributed by atoms with Gasteiger partial charge in [-0.15, -0.1) is 10.2 Å². The van der Waals surface area contributed by atoms with Crippen LogP contribution in [0.1, 0.15) is 23.9 Å². The summed E-state index contributed by atoms with van der Waals surface area (Å²) in [5.41, 5.74) is 0.770. The monoisotopic (exact) mass is 434 g/mol. The molecule has 0 saturated carbocycles. The normalized spacial score (nSPS) is 15.2. The molecular weight excluding hydrogens is 417 g/mol. The molecule has 1 aromatic carbocycles. The number of aromatic nitrogens is 4. The molecule has 2 aromatic heterocycles. The molecular formula is C19H17F3N6O3. The Morgan fingerprint density at radius 2 is 1.74 bits per heavy atom. The van der Waals surface area contributed by atoms with Gasteiger partial charge < -0.3 is 19.4 Å². The summed E-state index contributed by atoms with van der Waals surface area (Å²) < 4.78 is 48.7. The molecule has 1 saturated heterocycles. The molecule has 0 bridgehead atoms. The minimum atomic E-state index is -2.88. The molecule has 3 heterocycles. The first-order chi connectivity index (χ1) is 15.0. The number of hydrogen-bond acceptors (Lipinski definition) is 8. The molecule has 162 valence electrons. The highest BCUT2D eigenvalue weighted by molar-refractivity contribution is 5.85. The molecule has 31 heavy (non-hydrogen) atoms. The summed E-state index contributed by atoms with van der Waals surface area (Å²) >= 11 is 0. The second-order valence-electron chi connectivity index (χ2n) is 6.61. The van der Waals surface area contributed by atoms with Crippen molar-refractivity contribution in [1.29, 1.82) is 0 Å². The number of anilines is 1. The molecule has 1 aliphatic heterocycles. The zero-order valence-corrected chi connectivity index (χ0v) is 16.0. The number of nitrogens with zero attached hydrogens (tertiary/aromatic N) is 5. The van der Waals surface area contributed by atoms with Crippen LogP contribution in [0.15, 0.2) is 41.1 Å². The Morgan fingerprint density at radius 1 is 1.06 bits per heavy atom. The predicted octanol–water partition coefficient (Wildman–Crippen LogP) is 2.62. The number of alkyl halides is 2. The molecule has 12 heteroatoms. The van der Waals surface area contributed by atoms with Crippen molar-refractivity contribution in [2.75, 3.05) is 31.6 Å². The van der Waals surface area contributed by atoms with Gasteiger partial charge in [0.1, 0.15) is 11.9 Å². The molecule has 1 amide bonds. The van der Waals surface area contributed by atoms with Crippen LogP contribution in [0.4, 0.5) is 19.1 Å². The SMILES string of the molecule is O=C([C@H](Nc1ncc(-c2nnc(C(F)F)o2)cn1)c1ccc(F)cc1)N1CCOCC1. The smallest absolute Gasteiger partial charge is 0.314 e. The number of amides is 1. The van der Waals surface area contributed by atoms with E-state index in [2.05, 4.69) is 25.5 Å². The molecule has 9 nitrogen and oxygen atoms in total. The zero-order valence-electron chi connectivity index (χ0n) is 16.0. The molecule has 0 radical (unpaired) electrons. The molecule has 0 unspecified atom stereocenters. The predicted molar refractivity (Wildman–Crippen MR) is 100 cm³/mol. The molecule has 0 spiro atoms. The second kappa shape index (κ2) is 9.08. The van der Waals surface area contributed by atoms with Crippen molar-refractivity contribution in [3.63, 3.8) is 0 Å². The highest BCUT2D eigenvalue weighted by Crippen LogP contribution is 2.24. The fourth-order valence-corrected chi connectivity index (χ4v) is 2.99. The standard InChI is InChI=1S/C19H17F3N6O3/c20-13-3-1-11(2-4-13)14(18(29)28-5-7-30-8-6-28)25-19-23-9-12(10-24-19)16-26-27-17(31-16)15(21)22/h1-4,9-10,14-15H,5-8H2,(H,23,24,25)/t14-/m1/s1. The van der Waals surface area contributed by atoms with Crippen LogP contribution >= 0.6 is 0 Å². The van der Waals surface area contributed by atoms with Gasteiger partial charge in [-0.1, -0.05) is 12.1 Å². The number of carbonyl (C=O) groups is 1. The van der Waals surface area contributed by atoms with Gasteiger partial charge in [0.15, 0.2) is 0 Å². The Balaban J connectivity index is 1.55. The van der Waals surface area contributed by atoms with E-state index in [1.807, 2.05) is 0 Å². The maximum Gasteiger partial charge on any atom is 0.314 e. The fourth-order valence-electron chi connectivity index (χ4n) is 2.99. The topological polar surface area (TPSA) is 106 Å². The number of rotatable bonds is 6. The highest BCUT2D eigenvalue weighted by atomic mass is 19.3. The van der Waals surface area contributed by atoms with Crippen molar-refractivity contribution in [2.24, 2.45) is 0 Å². The number of ether oxygens (including phenoxy) is 1. The zero-order chi connectivity index (χ0) is 21.8. The van der Waals surface area contributed by atoms with Crippen LogP contribution in [-0.2, 0) is 9.53 Å². The number of hydrogen-bond donors (Lipinski definition) is 1. The van der Waals surface area contributed by atoms with Crippen molar-refractivity contribution in [3.8, 4) is 11.5 Å². The van der Waals surface area contributed by atoms with E-state index in [9.17, 15) is 18.0 Å². The molecule has 3 aromatic rings. The van der Waals surface area contributed by atoms with E-state index in [4.69, 9.17) is 9.15 Å². The second-order valence-corrected chi connectivity index (χ2v) is 6.61. The van der Waals surface area contributed by atoms with E-state index < -0.39 is 24.2 Å². The lowest BCUT2D eigenvalue weighted by molar-refractivity contribution is -0.136. The Kier molecular flexibility index (Phi) is 6.07. The van der Waals surface area contributed by atoms with Crippen molar-refractivity contribution in [3.05, 3.63) is 53.9 Å². The average molecular weight is 434 g/mol. The van der Waals surface area contributed by atoms with Crippen molar-refractivity contribution in [1.82, 2.24) is 25.1 Å². The molecule has 1 N–H and O–H groups in total. The summed E-state index contributed by atoms with van der Waals surface area (Å²) in [5, 5.41) is 9.74. The Bertz CT molecular complexity index is 1020. The van der Waals surface area contributed by atoms with Gasteiger partial charge in [0.05, 0.1) is 18.8 Å². The van der Waals surface area contributed by atoms with Gasteiger partial charge in [-0.2, -0.15) is 8.78 Å². The molecule has 1 atom stereocenters. The lowest BCUT2D eigenvalue weighted by atomic mass is 10.1. The van der Waals surface area contributed by atoms with Gasteiger partial charge >= 0.3 is 6.43 Å². The number of carbonyl (C=O) groups excluding carboxylic acids is 1. The number of morpholine rings is 1. The van der Waals surface area contributed by atoms with Gasteiger partial charge in [-0.05, 0) is 17.7 Å². The van der Waals surface area contributed by atoms with Gasteiger partial charge in [-0.3, -0.25) is 4.79 Å². The van der Waals surface area contributed by atoms with Crippen LogP contribution in [0, 0.1) is 5.82 Å². The van der Waals surface area contributed by atoms with Gasteiger partial charge in [-0.25, -0.2) is 14.4 Å². The van der Waals surface area contributed by atoms with Crippen LogP contribution < -0.4 is 5.32 Å².